The predicted octanol–water partition coefficient (Wildman–Crippen LogP) is 2.48. The number of nitrogens with zero attached hydrogens (tertiary/aromatic N) is 3. The van der Waals surface area contributed by atoms with Crippen LogP contribution in [-0.2, 0) is 4.79 Å². The predicted molar refractivity (Wildman–Crippen MR) is 104 cm³/mol. The van der Waals surface area contributed by atoms with Gasteiger partial charge < -0.3 is 19.7 Å². The van der Waals surface area contributed by atoms with E-state index >= 15 is 0 Å². The van der Waals surface area contributed by atoms with E-state index in [-0.39, 0.29) is 18.4 Å². The van der Waals surface area contributed by atoms with Crippen LogP contribution >= 0.6 is 11.5 Å². The highest BCUT2D eigenvalue weighted by atomic mass is 32.1. The van der Waals surface area contributed by atoms with Gasteiger partial charge in [0.15, 0.2) is 0 Å². The molecule has 2 N–H and O–H groups in total. The second-order valence-electron chi connectivity index (χ2n) is 6.90. The number of piperidine rings is 3. The molecule has 3 aromatic rings. The standard InChI is InChI=1S/C18H18N4O2S.CH2O2/c23-17(20-14-10-22-6-3-11(14)4-7-22)16-13-2-1-12(9-15(13)25-21-16)18-19-5-8-24-18;2-1-3/h1-2,5,8-9,11,14H,3-4,6-7,10H2,(H,20,23);1H,(H,2,3)/t14-;/m1./s1. The van der Waals surface area contributed by atoms with E-state index in [0.717, 1.165) is 22.2 Å². The first kappa shape index (κ1) is 18.6. The molecule has 0 radical (unpaired) electrons. The van der Waals surface area contributed by atoms with E-state index in [9.17, 15) is 4.79 Å². The average Bonchev–Trinajstić information content (AvgIpc) is 3.39. The zero-order valence-electron chi connectivity index (χ0n) is 15.1. The smallest absolute Gasteiger partial charge is 0.290 e. The highest BCUT2D eigenvalue weighted by molar-refractivity contribution is 7.13. The first-order valence-electron chi connectivity index (χ1n) is 9.10. The molecule has 3 aliphatic rings. The van der Waals surface area contributed by atoms with Crippen molar-refractivity contribution in [1.82, 2.24) is 19.6 Å². The number of hydrogen-bond acceptors (Lipinski definition) is 7. The van der Waals surface area contributed by atoms with Gasteiger partial charge in [-0.15, -0.1) is 0 Å². The Hall–Kier alpha value is -2.78. The molecule has 1 atom stereocenters. The fraction of sp³-hybridized carbons (Fsp3) is 0.368. The van der Waals surface area contributed by atoms with Crippen molar-refractivity contribution in [1.29, 1.82) is 0 Å². The third kappa shape index (κ3) is 3.63. The zero-order valence-corrected chi connectivity index (χ0v) is 15.9. The number of benzene rings is 1. The summed E-state index contributed by atoms with van der Waals surface area (Å²) in [4.78, 5) is 27.7. The van der Waals surface area contributed by atoms with Crippen LogP contribution in [0.2, 0.25) is 0 Å². The van der Waals surface area contributed by atoms with Crippen molar-refractivity contribution in [2.75, 3.05) is 19.6 Å². The lowest BCUT2D eigenvalue weighted by Gasteiger charge is -2.44. The molecule has 1 amide bonds. The van der Waals surface area contributed by atoms with E-state index in [2.05, 4.69) is 19.6 Å². The van der Waals surface area contributed by atoms with Crippen LogP contribution in [0, 0.1) is 5.92 Å². The summed E-state index contributed by atoms with van der Waals surface area (Å²) in [5.41, 5.74) is 1.42. The molecule has 1 aromatic carbocycles. The van der Waals surface area contributed by atoms with Gasteiger partial charge in [-0.2, -0.15) is 4.37 Å². The number of fused-ring (bicyclic) bond motifs is 4. The van der Waals surface area contributed by atoms with Crippen LogP contribution in [0.25, 0.3) is 21.5 Å². The highest BCUT2D eigenvalue weighted by Gasteiger charge is 2.35. The summed E-state index contributed by atoms with van der Waals surface area (Å²) in [6, 6.07) is 6.08. The molecule has 2 aromatic heterocycles. The van der Waals surface area contributed by atoms with Gasteiger partial charge in [0, 0.05) is 23.5 Å². The Morgan fingerprint density at radius 1 is 1.36 bits per heavy atom. The summed E-state index contributed by atoms with van der Waals surface area (Å²) in [5, 5.41) is 11.0. The molecular weight excluding hydrogens is 380 g/mol. The molecule has 0 saturated carbocycles. The van der Waals surface area contributed by atoms with Crippen LogP contribution < -0.4 is 5.32 Å². The lowest BCUT2D eigenvalue weighted by Crippen LogP contribution is -2.57. The monoisotopic (exact) mass is 400 g/mol. The molecule has 9 heteroatoms. The molecule has 3 fully saturated rings. The van der Waals surface area contributed by atoms with Crippen LogP contribution in [0.3, 0.4) is 0 Å². The third-order valence-electron chi connectivity index (χ3n) is 5.34. The molecule has 3 aliphatic heterocycles. The van der Waals surface area contributed by atoms with Gasteiger partial charge in [-0.1, -0.05) is 6.07 Å². The number of oxazole rings is 1. The van der Waals surface area contributed by atoms with Crippen LogP contribution in [0.5, 0.6) is 0 Å². The number of hydrogen-bond donors (Lipinski definition) is 2. The maximum Gasteiger partial charge on any atom is 0.290 e. The van der Waals surface area contributed by atoms with E-state index in [4.69, 9.17) is 14.3 Å². The third-order valence-corrected chi connectivity index (χ3v) is 6.15. The van der Waals surface area contributed by atoms with Crippen molar-refractivity contribution in [3.63, 3.8) is 0 Å². The lowest BCUT2D eigenvalue weighted by atomic mass is 9.84. The quantitative estimate of drug-likeness (QED) is 0.650. The van der Waals surface area contributed by atoms with Gasteiger partial charge in [0.2, 0.25) is 5.89 Å². The number of amides is 1. The maximum atomic E-state index is 12.8. The lowest BCUT2D eigenvalue weighted by molar-refractivity contribution is -0.122. The van der Waals surface area contributed by atoms with Gasteiger partial charge in [0.1, 0.15) is 12.0 Å². The molecule has 0 spiro atoms. The number of carboxylic acid groups (broad SMARTS) is 1. The van der Waals surface area contributed by atoms with E-state index in [0.29, 0.717) is 17.5 Å². The van der Waals surface area contributed by atoms with Crippen LogP contribution in [0.1, 0.15) is 23.3 Å². The Morgan fingerprint density at radius 3 is 2.79 bits per heavy atom. The fourth-order valence-corrected chi connectivity index (χ4v) is 4.78. The van der Waals surface area contributed by atoms with Crippen LogP contribution in [0.4, 0.5) is 0 Å². The first-order chi connectivity index (χ1) is 13.7. The van der Waals surface area contributed by atoms with Crippen molar-refractivity contribution in [2.24, 2.45) is 5.92 Å². The molecule has 0 aliphatic carbocycles. The second-order valence-corrected chi connectivity index (χ2v) is 7.71. The number of aromatic nitrogens is 2. The van der Waals surface area contributed by atoms with E-state index in [1.807, 2.05) is 18.2 Å². The molecule has 6 rings (SSSR count). The minimum atomic E-state index is -0.250. The number of carbonyl (C=O) groups excluding carboxylic acids is 1. The highest BCUT2D eigenvalue weighted by Crippen LogP contribution is 2.30. The molecule has 2 bridgehead atoms. The van der Waals surface area contributed by atoms with Crippen molar-refractivity contribution in [2.45, 2.75) is 18.9 Å². The Labute approximate surface area is 165 Å². The number of carbonyl (C=O) groups is 2. The fourth-order valence-electron chi connectivity index (χ4n) is 3.97. The zero-order chi connectivity index (χ0) is 19.5. The van der Waals surface area contributed by atoms with Crippen LogP contribution in [-0.4, -0.2) is 57.4 Å². The summed E-state index contributed by atoms with van der Waals surface area (Å²) < 4.78 is 10.7. The maximum absolute atomic E-state index is 12.8. The molecule has 0 unspecified atom stereocenters. The molecule has 146 valence electrons. The first-order valence-corrected chi connectivity index (χ1v) is 9.87. The van der Waals surface area contributed by atoms with Gasteiger partial charge in [0.05, 0.1) is 10.9 Å². The van der Waals surface area contributed by atoms with Crippen molar-refractivity contribution in [3.05, 3.63) is 36.4 Å². The Kier molecular flexibility index (Phi) is 5.36. The summed E-state index contributed by atoms with van der Waals surface area (Å²) in [6.45, 7) is 3.05. The van der Waals surface area contributed by atoms with Crippen molar-refractivity contribution in [3.8, 4) is 11.5 Å². The van der Waals surface area contributed by atoms with E-state index < -0.39 is 0 Å². The molecular formula is C19H20N4O4S. The Balaban J connectivity index is 0.000000604. The minimum absolute atomic E-state index is 0.0612. The molecule has 3 saturated heterocycles. The molecule has 8 nitrogen and oxygen atoms in total. The van der Waals surface area contributed by atoms with Gasteiger partial charge in [-0.05, 0) is 55.5 Å². The summed E-state index contributed by atoms with van der Waals surface area (Å²) >= 11 is 1.34. The van der Waals surface area contributed by atoms with E-state index in [1.54, 1.807) is 12.5 Å². The molecule has 5 heterocycles. The van der Waals surface area contributed by atoms with Crippen molar-refractivity contribution < 1.29 is 19.1 Å². The SMILES string of the molecule is O=C(N[C@@H]1CN2CCC1CC2)c1nsc2cc(-c3ncco3)ccc12.O=CO. The summed E-state index contributed by atoms with van der Waals surface area (Å²) in [7, 11) is 0. The summed E-state index contributed by atoms with van der Waals surface area (Å²) in [5.74, 6) is 1.12. The normalized spacial score (nSPS) is 23.1. The topological polar surface area (TPSA) is 109 Å². The van der Waals surface area contributed by atoms with Gasteiger partial charge in [-0.3, -0.25) is 9.59 Å². The van der Waals surface area contributed by atoms with Gasteiger partial charge >= 0.3 is 0 Å². The number of nitrogens with one attached hydrogen (secondary N) is 1. The number of rotatable bonds is 3. The van der Waals surface area contributed by atoms with Gasteiger partial charge in [0.25, 0.3) is 12.4 Å². The Morgan fingerprint density at radius 2 is 2.14 bits per heavy atom. The minimum Gasteiger partial charge on any atom is -0.483 e. The van der Waals surface area contributed by atoms with E-state index in [1.165, 1.54) is 37.5 Å². The second kappa shape index (κ2) is 8.07. The Bertz CT molecular complexity index is 964. The van der Waals surface area contributed by atoms with Crippen LogP contribution in [0.15, 0.2) is 35.1 Å². The largest absolute Gasteiger partial charge is 0.483 e. The average molecular weight is 400 g/mol. The van der Waals surface area contributed by atoms with Gasteiger partial charge in [-0.25, -0.2) is 4.98 Å². The summed E-state index contributed by atoms with van der Waals surface area (Å²) in [6.07, 6.45) is 5.54. The van der Waals surface area contributed by atoms with Crippen molar-refractivity contribution >= 4 is 34.0 Å². The molecule has 28 heavy (non-hydrogen) atoms.